The molecule has 1 fully saturated rings. The van der Waals surface area contributed by atoms with Crippen LogP contribution >= 0.6 is 0 Å². The number of rotatable bonds is 3. The molecule has 0 amide bonds. The van der Waals surface area contributed by atoms with Crippen LogP contribution in [-0.4, -0.2) is 33.1 Å². The van der Waals surface area contributed by atoms with Crippen molar-refractivity contribution in [2.45, 2.75) is 12.3 Å². The van der Waals surface area contributed by atoms with E-state index in [1.54, 1.807) is 4.68 Å². The third-order valence-corrected chi connectivity index (χ3v) is 3.91. The lowest BCUT2D eigenvalue weighted by atomic mass is 10.1. The van der Waals surface area contributed by atoms with Crippen molar-refractivity contribution >= 4 is 0 Å². The highest BCUT2D eigenvalue weighted by molar-refractivity contribution is 5.64. The second kappa shape index (κ2) is 5.38. The van der Waals surface area contributed by atoms with Crippen molar-refractivity contribution in [3.63, 3.8) is 0 Å². The molecule has 3 aromatic rings. The minimum atomic E-state index is 0.235. The molecular formula is C16H16N4O2. The first-order valence-corrected chi connectivity index (χ1v) is 7.32. The van der Waals surface area contributed by atoms with Gasteiger partial charge in [-0.25, -0.2) is 0 Å². The Bertz CT molecular complexity index is 773. The van der Waals surface area contributed by atoms with E-state index in [4.69, 9.17) is 9.26 Å². The van der Waals surface area contributed by atoms with E-state index in [1.165, 1.54) is 0 Å². The average molecular weight is 296 g/mol. The SMILES string of the molecule is Cn1nc(-c2ccccc2)cc1-c1nc([C@H]2CCOC2)no1. The van der Waals surface area contributed by atoms with Gasteiger partial charge in [0.25, 0.3) is 5.89 Å². The third-order valence-electron chi connectivity index (χ3n) is 3.91. The van der Waals surface area contributed by atoms with Crippen LogP contribution in [-0.2, 0) is 11.8 Å². The zero-order valence-electron chi connectivity index (χ0n) is 12.3. The van der Waals surface area contributed by atoms with Gasteiger partial charge in [0.15, 0.2) is 5.82 Å². The third kappa shape index (κ3) is 2.31. The molecular weight excluding hydrogens is 280 g/mol. The van der Waals surface area contributed by atoms with E-state index in [1.807, 2.05) is 43.4 Å². The molecule has 6 heteroatoms. The highest BCUT2D eigenvalue weighted by Gasteiger charge is 2.24. The van der Waals surface area contributed by atoms with Crippen LogP contribution in [0.1, 0.15) is 18.2 Å². The van der Waals surface area contributed by atoms with Crippen molar-refractivity contribution < 1.29 is 9.26 Å². The molecule has 3 heterocycles. The molecule has 0 aliphatic carbocycles. The predicted octanol–water partition coefficient (Wildman–Crippen LogP) is 2.64. The Morgan fingerprint density at radius 2 is 2.09 bits per heavy atom. The number of nitrogens with zero attached hydrogens (tertiary/aromatic N) is 4. The second-order valence-electron chi connectivity index (χ2n) is 5.42. The van der Waals surface area contributed by atoms with Gasteiger partial charge in [-0.3, -0.25) is 4.68 Å². The Morgan fingerprint density at radius 1 is 1.23 bits per heavy atom. The number of aromatic nitrogens is 4. The highest BCUT2D eigenvalue weighted by atomic mass is 16.5. The van der Waals surface area contributed by atoms with Gasteiger partial charge in [0.1, 0.15) is 5.69 Å². The van der Waals surface area contributed by atoms with Gasteiger partial charge in [-0.15, -0.1) is 0 Å². The van der Waals surface area contributed by atoms with Crippen LogP contribution in [0.25, 0.3) is 22.8 Å². The first-order chi connectivity index (χ1) is 10.8. The van der Waals surface area contributed by atoms with Gasteiger partial charge in [-0.05, 0) is 12.5 Å². The molecule has 112 valence electrons. The van der Waals surface area contributed by atoms with E-state index in [-0.39, 0.29) is 5.92 Å². The standard InChI is InChI=1S/C16H16N4O2/c1-20-14(9-13(18-20)11-5-3-2-4-6-11)16-17-15(19-22-16)12-7-8-21-10-12/h2-6,9,12H,7-8,10H2,1H3/t12-/m0/s1. The average Bonchev–Trinajstić information content (AvgIpc) is 3.28. The van der Waals surface area contributed by atoms with Gasteiger partial charge in [0.2, 0.25) is 0 Å². The normalized spacial score (nSPS) is 18.0. The molecule has 0 N–H and O–H groups in total. The summed E-state index contributed by atoms with van der Waals surface area (Å²) in [5, 5.41) is 8.62. The Balaban J connectivity index is 1.67. The quantitative estimate of drug-likeness (QED) is 0.743. The number of hydrogen-bond donors (Lipinski definition) is 0. The lowest BCUT2D eigenvalue weighted by Crippen LogP contribution is -2.00. The van der Waals surface area contributed by atoms with Crippen molar-refractivity contribution in [2.24, 2.45) is 7.05 Å². The Labute approximate surface area is 127 Å². The summed E-state index contributed by atoms with van der Waals surface area (Å²) in [5.74, 6) is 1.45. The van der Waals surface area contributed by atoms with Gasteiger partial charge < -0.3 is 9.26 Å². The van der Waals surface area contributed by atoms with E-state index in [0.717, 1.165) is 35.8 Å². The molecule has 1 aliphatic heterocycles. The van der Waals surface area contributed by atoms with E-state index >= 15 is 0 Å². The summed E-state index contributed by atoms with van der Waals surface area (Å²) < 4.78 is 12.6. The molecule has 1 atom stereocenters. The maximum Gasteiger partial charge on any atom is 0.276 e. The van der Waals surface area contributed by atoms with Crippen molar-refractivity contribution in [3.8, 4) is 22.8 Å². The lowest BCUT2D eigenvalue weighted by molar-refractivity contribution is 0.192. The molecule has 0 unspecified atom stereocenters. The second-order valence-corrected chi connectivity index (χ2v) is 5.42. The van der Waals surface area contributed by atoms with Crippen molar-refractivity contribution in [1.82, 2.24) is 19.9 Å². The van der Waals surface area contributed by atoms with Crippen LogP contribution < -0.4 is 0 Å². The summed E-state index contributed by atoms with van der Waals surface area (Å²) in [6.07, 6.45) is 0.944. The molecule has 0 radical (unpaired) electrons. The van der Waals surface area contributed by atoms with Gasteiger partial charge in [0, 0.05) is 25.1 Å². The number of aryl methyl sites for hydroxylation is 1. The summed E-state index contributed by atoms with van der Waals surface area (Å²) >= 11 is 0. The summed E-state index contributed by atoms with van der Waals surface area (Å²) in [4.78, 5) is 4.51. The van der Waals surface area contributed by atoms with E-state index in [2.05, 4.69) is 15.2 Å². The fourth-order valence-corrected chi connectivity index (χ4v) is 2.66. The Kier molecular flexibility index (Phi) is 3.23. The van der Waals surface area contributed by atoms with Crippen LogP contribution in [0.4, 0.5) is 0 Å². The molecule has 1 aromatic carbocycles. The lowest BCUT2D eigenvalue weighted by Gasteiger charge is -1.97. The largest absolute Gasteiger partial charge is 0.381 e. The summed E-state index contributed by atoms with van der Waals surface area (Å²) in [6, 6.07) is 12.0. The molecule has 0 bridgehead atoms. The van der Waals surface area contributed by atoms with E-state index in [0.29, 0.717) is 12.5 Å². The topological polar surface area (TPSA) is 66.0 Å². The summed E-state index contributed by atoms with van der Waals surface area (Å²) in [7, 11) is 1.88. The summed E-state index contributed by atoms with van der Waals surface area (Å²) in [5.41, 5.74) is 2.77. The smallest absolute Gasteiger partial charge is 0.276 e. The van der Waals surface area contributed by atoms with Crippen LogP contribution in [0.15, 0.2) is 40.9 Å². The molecule has 6 nitrogen and oxygen atoms in total. The minimum Gasteiger partial charge on any atom is -0.381 e. The molecule has 0 spiro atoms. The van der Waals surface area contributed by atoms with Crippen molar-refractivity contribution in [2.75, 3.05) is 13.2 Å². The fraction of sp³-hybridized carbons (Fsp3) is 0.312. The molecule has 0 saturated carbocycles. The molecule has 22 heavy (non-hydrogen) atoms. The number of hydrogen-bond acceptors (Lipinski definition) is 5. The molecule has 1 aliphatic rings. The zero-order chi connectivity index (χ0) is 14.9. The van der Waals surface area contributed by atoms with E-state index < -0.39 is 0 Å². The van der Waals surface area contributed by atoms with E-state index in [9.17, 15) is 0 Å². The van der Waals surface area contributed by atoms with Gasteiger partial charge in [0.05, 0.1) is 12.3 Å². The first-order valence-electron chi connectivity index (χ1n) is 7.32. The molecule has 1 saturated heterocycles. The maximum atomic E-state index is 5.42. The molecule has 2 aromatic heterocycles. The van der Waals surface area contributed by atoms with Crippen LogP contribution in [0, 0.1) is 0 Å². The van der Waals surface area contributed by atoms with Crippen LogP contribution in [0.3, 0.4) is 0 Å². The first kappa shape index (κ1) is 13.2. The Morgan fingerprint density at radius 3 is 2.86 bits per heavy atom. The van der Waals surface area contributed by atoms with Crippen molar-refractivity contribution in [1.29, 1.82) is 0 Å². The van der Waals surface area contributed by atoms with Gasteiger partial charge >= 0.3 is 0 Å². The zero-order valence-corrected chi connectivity index (χ0v) is 12.3. The maximum absolute atomic E-state index is 5.42. The number of benzene rings is 1. The predicted molar refractivity (Wildman–Crippen MR) is 80.1 cm³/mol. The van der Waals surface area contributed by atoms with Gasteiger partial charge in [-0.2, -0.15) is 10.1 Å². The Hall–Kier alpha value is -2.47. The molecule has 4 rings (SSSR count). The van der Waals surface area contributed by atoms with Crippen molar-refractivity contribution in [3.05, 3.63) is 42.2 Å². The fourth-order valence-electron chi connectivity index (χ4n) is 2.66. The van der Waals surface area contributed by atoms with Crippen LogP contribution in [0.5, 0.6) is 0 Å². The highest BCUT2D eigenvalue weighted by Crippen LogP contribution is 2.27. The minimum absolute atomic E-state index is 0.235. The monoisotopic (exact) mass is 296 g/mol. The summed E-state index contributed by atoms with van der Waals surface area (Å²) in [6.45, 7) is 1.43. The van der Waals surface area contributed by atoms with Crippen LogP contribution in [0.2, 0.25) is 0 Å². The van der Waals surface area contributed by atoms with Gasteiger partial charge in [-0.1, -0.05) is 35.5 Å². The number of ether oxygens (including phenoxy) is 1.